The Morgan fingerprint density at radius 2 is 1.75 bits per heavy atom. The fourth-order valence-corrected chi connectivity index (χ4v) is 2.21. The van der Waals surface area contributed by atoms with Gasteiger partial charge in [0, 0.05) is 5.56 Å². The Bertz CT molecular complexity index is 650. The summed E-state index contributed by atoms with van der Waals surface area (Å²) < 4.78 is 10.3. The summed E-state index contributed by atoms with van der Waals surface area (Å²) in [5, 5.41) is 0.359. The second-order valence-electron chi connectivity index (χ2n) is 4.38. The summed E-state index contributed by atoms with van der Waals surface area (Å²) >= 11 is 6.15. The van der Waals surface area contributed by atoms with Gasteiger partial charge in [0.1, 0.15) is 11.5 Å². The summed E-state index contributed by atoms with van der Waals surface area (Å²) in [4.78, 5) is 12.6. The van der Waals surface area contributed by atoms with Crippen molar-refractivity contribution in [3.63, 3.8) is 0 Å². The fourth-order valence-electron chi connectivity index (χ4n) is 1.95. The number of halogens is 1. The van der Waals surface area contributed by atoms with E-state index in [1.165, 1.54) is 7.11 Å². The second kappa shape index (κ2) is 5.97. The van der Waals surface area contributed by atoms with Gasteiger partial charge in [-0.05, 0) is 37.3 Å². The number of hydrogen-bond donors (Lipinski definition) is 0. The summed E-state index contributed by atoms with van der Waals surface area (Å²) in [6, 6.07) is 10.5. The van der Waals surface area contributed by atoms with Crippen LogP contribution in [0.15, 0.2) is 36.4 Å². The molecule has 104 valence electrons. The number of ether oxygens (including phenoxy) is 2. The molecule has 0 spiro atoms. The van der Waals surface area contributed by atoms with Crippen LogP contribution >= 0.6 is 11.6 Å². The molecule has 0 amide bonds. The van der Waals surface area contributed by atoms with E-state index < -0.39 is 0 Å². The maximum Gasteiger partial charge on any atom is 0.198 e. The van der Waals surface area contributed by atoms with Crippen molar-refractivity contribution >= 4 is 17.4 Å². The zero-order valence-electron chi connectivity index (χ0n) is 11.6. The molecule has 0 bridgehead atoms. The highest BCUT2D eigenvalue weighted by Gasteiger charge is 2.17. The average Bonchev–Trinajstić information content (AvgIpc) is 2.46. The molecule has 0 saturated carbocycles. The lowest BCUT2D eigenvalue weighted by Crippen LogP contribution is -2.05. The van der Waals surface area contributed by atoms with Gasteiger partial charge in [0.15, 0.2) is 5.78 Å². The van der Waals surface area contributed by atoms with E-state index in [-0.39, 0.29) is 5.78 Å². The zero-order valence-corrected chi connectivity index (χ0v) is 12.3. The van der Waals surface area contributed by atoms with Crippen molar-refractivity contribution in [2.75, 3.05) is 14.2 Å². The van der Waals surface area contributed by atoms with Crippen molar-refractivity contribution < 1.29 is 14.3 Å². The Labute approximate surface area is 123 Å². The summed E-state index contributed by atoms with van der Waals surface area (Å²) in [6.45, 7) is 1.92. The van der Waals surface area contributed by atoms with E-state index in [1.54, 1.807) is 37.4 Å². The molecule has 0 N–H and O–H groups in total. The lowest BCUT2D eigenvalue weighted by molar-refractivity contribution is 0.103. The van der Waals surface area contributed by atoms with Crippen LogP contribution in [0.2, 0.25) is 5.02 Å². The molecule has 20 heavy (non-hydrogen) atoms. The predicted molar refractivity (Wildman–Crippen MR) is 79.2 cm³/mol. The van der Waals surface area contributed by atoms with Crippen molar-refractivity contribution in [1.29, 1.82) is 0 Å². The summed E-state index contributed by atoms with van der Waals surface area (Å²) in [7, 11) is 3.09. The highest BCUT2D eigenvalue weighted by molar-refractivity contribution is 6.35. The molecule has 0 saturated heterocycles. The third kappa shape index (κ3) is 2.78. The molecular formula is C16H15ClO3. The number of ketones is 1. The first kappa shape index (κ1) is 14.4. The van der Waals surface area contributed by atoms with Crippen molar-refractivity contribution in [2.24, 2.45) is 0 Å². The largest absolute Gasteiger partial charge is 0.497 e. The van der Waals surface area contributed by atoms with E-state index in [2.05, 4.69) is 0 Å². The van der Waals surface area contributed by atoms with Gasteiger partial charge in [0.2, 0.25) is 0 Å². The number of rotatable bonds is 4. The van der Waals surface area contributed by atoms with Crippen molar-refractivity contribution in [3.05, 3.63) is 58.1 Å². The van der Waals surface area contributed by atoms with Crippen molar-refractivity contribution in [1.82, 2.24) is 0 Å². The van der Waals surface area contributed by atoms with Gasteiger partial charge in [0.25, 0.3) is 0 Å². The molecule has 0 aliphatic rings. The van der Waals surface area contributed by atoms with E-state index in [0.29, 0.717) is 27.6 Å². The van der Waals surface area contributed by atoms with Crippen LogP contribution in [0.5, 0.6) is 11.5 Å². The lowest BCUT2D eigenvalue weighted by Gasteiger charge is -2.10. The minimum atomic E-state index is -0.168. The molecule has 0 aromatic heterocycles. The van der Waals surface area contributed by atoms with Gasteiger partial charge >= 0.3 is 0 Å². The van der Waals surface area contributed by atoms with Gasteiger partial charge < -0.3 is 9.47 Å². The smallest absolute Gasteiger partial charge is 0.198 e. The van der Waals surface area contributed by atoms with Crippen LogP contribution in [-0.2, 0) is 0 Å². The molecule has 2 aromatic carbocycles. The summed E-state index contributed by atoms with van der Waals surface area (Å²) in [5.74, 6) is 0.980. The van der Waals surface area contributed by atoms with Crippen LogP contribution in [0.3, 0.4) is 0 Å². The number of benzene rings is 2. The minimum Gasteiger partial charge on any atom is -0.497 e. The van der Waals surface area contributed by atoms with Crippen LogP contribution in [0.4, 0.5) is 0 Å². The maximum absolute atomic E-state index is 12.6. The molecule has 0 fully saturated rings. The standard InChI is InChI=1S/C16H15ClO3/c1-10-4-7-15(20-3)13(8-10)16(18)12-6-5-11(19-2)9-14(12)17/h4-9H,1-3H3. The monoisotopic (exact) mass is 290 g/mol. The van der Waals surface area contributed by atoms with Crippen LogP contribution in [0, 0.1) is 6.92 Å². The van der Waals surface area contributed by atoms with Gasteiger partial charge in [-0.1, -0.05) is 23.2 Å². The summed E-state index contributed by atoms with van der Waals surface area (Å²) in [6.07, 6.45) is 0. The van der Waals surface area contributed by atoms with Gasteiger partial charge in [-0.15, -0.1) is 0 Å². The normalized spacial score (nSPS) is 10.2. The van der Waals surface area contributed by atoms with Gasteiger partial charge in [-0.25, -0.2) is 0 Å². The first-order chi connectivity index (χ1) is 9.56. The Morgan fingerprint density at radius 3 is 2.35 bits per heavy atom. The topological polar surface area (TPSA) is 35.5 Å². The average molecular weight is 291 g/mol. The fraction of sp³-hybridized carbons (Fsp3) is 0.188. The van der Waals surface area contributed by atoms with Crippen molar-refractivity contribution in [2.45, 2.75) is 6.92 Å². The Morgan fingerprint density at radius 1 is 1.00 bits per heavy atom. The Kier molecular flexibility index (Phi) is 4.30. The number of aryl methyl sites for hydroxylation is 1. The Hall–Kier alpha value is -2.00. The lowest BCUT2D eigenvalue weighted by atomic mass is 10.0. The molecule has 0 radical (unpaired) electrons. The molecule has 0 atom stereocenters. The third-order valence-corrected chi connectivity index (χ3v) is 3.33. The van der Waals surface area contributed by atoms with E-state index in [0.717, 1.165) is 5.56 Å². The zero-order chi connectivity index (χ0) is 14.7. The minimum absolute atomic E-state index is 0.168. The molecule has 2 aromatic rings. The number of methoxy groups -OCH3 is 2. The Balaban J connectivity index is 2.48. The molecule has 0 unspecified atom stereocenters. The number of hydrogen-bond acceptors (Lipinski definition) is 3. The van der Waals surface area contributed by atoms with E-state index in [1.807, 2.05) is 13.0 Å². The van der Waals surface area contributed by atoms with Crippen LogP contribution < -0.4 is 9.47 Å². The van der Waals surface area contributed by atoms with Gasteiger partial charge in [-0.2, -0.15) is 0 Å². The number of carbonyl (C=O) groups excluding carboxylic acids is 1. The molecule has 0 aliphatic heterocycles. The predicted octanol–water partition coefficient (Wildman–Crippen LogP) is 3.90. The number of carbonyl (C=O) groups is 1. The molecule has 2 rings (SSSR count). The SMILES string of the molecule is COc1ccc(C(=O)c2cc(C)ccc2OC)c(Cl)c1. The van der Waals surface area contributed by atoms with Gasteiger partial charge in [0.05, 0.1) is 24.8 Å². The van der Waals surface area contributed by atoms with E-state index in [9.17, 15) is 4.79 Å². The van der Waals surface area contributed by atoms with E-state index in [4.69, 9.17) is 21.1 Å². The molecular weight excluding hydrogens is 276 g/mol. The highest BCUT2D eigenvalue weighted by atomic mass is 35.5. The van der Waals surface area contributed by atoms with Crippen molar-refractivity contribution in [3.8, 4) is 11.5 Å². The third-order valence-electron chi connectivity index (χ3n) is 3.02. The van der Waals surface area contributed by atoms with Gasteiger partial charge in [-0.3, -0.25) is 4.79 Å². The van der Waals surface area contributed by atoms with E-state index >= 15 is 0 Å². The molecule has 0 heterocycles. The first-order valence-corrected chi connectivity index (χ1v) is 6.47. The van der Waals surface area contributed by atoms with Crippen LogP contribution in [0.25, 0.3) is 0 Å². The van der Waals surface area contributed by atoms with Crippen LogP contribution in [-0.4, -0.2) is 20.0 Å². The molecule has 3 nitrogen and oxygen atoms in total. The molecule has 4 heteroatoms. The first-order valence-electron chi connectivity index (χ1n) is 6.09. The second-order valence-corrected chi connectivity index (χ2v) is 4.79. The van der Waals surface area contributed by atoms with Crippen LogP contribution in [0.1, 0.15) is 21.5 Å². The highest BCUT2D eigenvalue weighted by Crippen LogP contribution is 2.28. The maximum atomic E-state index is 12.6. The quantitative estimate of drug-likeness (QED) is 0.801. The molecule has 0 aliphatic carbocycles. The summed E-state index contributed by atoms with van der Waals surface area (Å²) in [5.41, 5.74) is 1.91.